The van der Waals surface area contributed by atoms with Crippen LogP contribution in [0, 0.1) is 0 Å². The van der Waals surface area contributed by atoms with Crippen LogP contribution < -0.4 is 5.73 Å². The van der Waals surface area contributed by atoms with Crippen molar-refractivity contribution in [2.24, 2.45) is 5.73 Å². The first-order valence-electron chi connectivity index (χ1n) is 7.16. The summed E-state index contributed by atoms with van der Waals surface area (Å²) >= 11 is 0. The minimum absolute atomic E-state index is 0.00287. The third-order valence-corrected chi connectivity index (χ3v) is 4.43. The Kier molecular flexibility index (Phi) is 3.26. The predicted octanol–water partition coefficient (Wildman–Crippen LogP) is 0.698. The van der Waals surface area contributed by atoms with Gasteiger partial charge in [0.25, 0.3) is 0 Å². The van der Waals surface area contributed by atoms with E-state index in [1.54, 1.807) is 0 Å². The number of nitrogens with two attached hydrogens (primary N) is 1. The van der Waals surface area contributed by atoms with E-state index >= 15 is 0 Å². The zero-order valence-corrected chi connectivity index (χ0v) is 11.2. The summed E-state index contributed by atoms with van der Waals surface area (Å²) in [6.45, 7) is 2.28. The van der Waals surface area contributed by atoms with Gasteiger partial charge in [-0.3, -0.25) is 14.8 Å². The highest BCUT2D eigenvalue weighted by molar-refractivity contribution is 5.75. The van der Waals surface area contributed by atoms with E-state index in [0.717, 1.165) is 31.8 Å². The molecule has 1 amide bonds. The quantitative estimate of drug-likeness (QED) is 0.837. The van der Waals surface area contributed by atoms with Crippen LogP contribution in [0.1, 0.15) is 50.2 Å². The lowest BCUT2D eigenvalue weighted by molar-refractivity contribution is -0.117. The smallest absolute Gasteiger partial charge is 0.225 e. The van der Waals surface area contributed by atoms with Gasteiger partial charge in [-0.15, -0.1) is 0 Å². The van der Waals surface area contributed by atoms with Crippen molar-refractivity contribution in [3.63, 3.8) is 0 Å². The number of nitrogens with one attached hydrogen (secondary N) is 1. The van der Waals surface area contributed by atoms with Crippen molar-refractivity contribution in [2.45, 2.75) is 50.5 Å². The zero-order valence-electron chi connectivity index (χ0n) is 11.2. The molecule has 19 heavy (non-hydrogen) atoms. The van der Waals surface area contributed by atoms with E-state index in [0.29, 0.717) is 5.82 Å². The van der Waals surface area contributed by atoms with Gasteiger partial charge in [-0.05, 0) is 38.8 Å². The molecule has 1 aliphatic carbocycles. The Hall–Kier alpha value is -1.43. The molecule has 2 heterocycles. The third-order valence-electron chi connectivity index (χ3n) is 4.43. The van der Waals surface area contributed by atoms with Crippen LogP contribution in [0.4, 0.5) is 0 Å². The van der Waals surface area contributed by atoms with E-state index in [9.17, 15) is 4.79 Å². The van der Waals surface area contributed by atoms with Crippen LogP contribution in [0.3, 0.4) is 0 Å². The third kappa shape index (κ3) is 2.25. The van der Waals surface area contributed by atoms with Gasteiger partial charge in [0.05, 0.1) is 12.0 Å². The Balaban J connectivity index is 1.87. The minimum Gasteiger partial charge on any atom is -0.369 e. The molecule has 0 atom stereocenters. The lowest BCUT2D eigenvalue weighted by atomic mass is 9.94. The number of likely N-dealkylation sites (tertiary alicyclic amines) is 1. The molecule has 1 saturated carbocycles. The van der Waals surface area contributed by atoms with Crippen molar-refractivity contribution in [3.05, 3.63) is 11.6 Å². The van der Waals surface area contributed by atoms with Crippen molar-refractivity contribution >= 4 is 5.91 Å². The zero-order chi connectivity index (χ0) is 13.3. The summed E-state index contributed by atoms with van der Waals surface area (Å²) in [5, 5.41) is 7.26. The molecule has 0 spiro atoms. The first-order chi connectivity index (χ1) is 9.21. The minimum atomic E-state index is -0.371. The number of amides is 1. The van der Waals surface area contributed by atoms with Crippen LogP contribution in [0.15, 0.2) is 0 Å². The normalized spacial score (nSPS) is 22.9. The summed E-state index contributed by atoms with van der Waals surface area (Å²) in [4.78, 5) is 18.0. The maximum absolute atomic E-state index is 11.0. The van der Waals surface area contributed by atoms with E-state index < -0.39 is 0 Å². The van der Waals surface area contributed by atoms with Gasteiger partial charge in [0, 0.05) is 0 Å². The Morgan fingerprint density at radius 2 is 1.95 bits per heavy atom. The van der Waals surface area contributed by atoms with Gasteiger partial charge in [-0.2, -0.15) is 5.10 Å². The highest BCUT2D eigenvalue weighted by Crippen LogP contribution is 2.43. The second-order valence-corrected chi connectivity index (χ2v) is 5.68. The molecule has 2 aliphatic rings. The summed E-state index contributed by atoms with van der Waals surface area (Å²) in [7, 11) is 0. The molecule has 6 nitrogen and oxygen atoms in total. The van der Waals surface area contributed by atoms with Crippen molar-refractivity contribution in [3.8, 4) is 0 Å². The Labute approximate surface area is 112 Å². The van der Waals surface area contributed by atoms with Gasteiger partial charge >= 0.3 is 0 Å². The predicted molar refractivity (Wildman–Crippen MR) is 70.2 cm³/mol. The summed E-state index contributed by atoms with van der Waals surface area (Å²) in [5.41, 5.74) is 5.21. The number of aromatic amines is 1. The summed E-state index contributed by atoms with van der Waals surface area (Å²) in [6.07, 6.45) is 7.39. The first-order valence-corrected chi connectivity index (χ1v) is 7.16. The molecule has 0 bridgehead atoms. The number of rotatable bonds is 4. The number of aromatic nitrogens is 3. The van der Waals surface area contributed by atoms with Gasteiger partial charge in [0.2, 0.25) is 5.91 Å². The van der Waals surface area contributed by atoms with Gasteiger partial charge in [0.1, 0.15) is 5.82 Å². The fourth-order valence-electron chi connectivity index (χ4n) is 3.53. The molecule has 3 N–H and O–H groups in total. The van der Waals surface area contributed by atoms with E-state index in [4.69, 9.17) is 5.73 Å². The van der Waals surface area contributed by atoms with Gasteiger partial charge in [-0.1, -0.05) is 12.8 Å². The van der Waals surface area contributed by atoms with Crippen molar-refractivity contribution in [1.29, 1.82) is 0 Å². The second-order valence-electron chi connectivity index (χ2n) is 5.68. The number of hydrogen-bond acceptors (Lipinski definition) is 4. The lowest BCUT2D eigenvalue weighted by Crippen LogP contribution is -2.43. The maximum atomic E-state index is 11.0. The van der Waals surface area contributed by atoms with Crippen LogP contribution in [0.25, 0.3) is 0 Å². The molecule has 0 aromatic carbocycles. The number of carbonyl (C=O) groups is 1. The van der Waals surface area contributed by atoms with Crippen molar-refractivity contribution < 1.29 is 4.79 Å². The second kappa shape index (κ2) is 4.92. The lowest BCUT2D eigenvalue weighted by Gasteiger charge is -2.36. The van der Waals surface area contributed by atoms with Gasteiger partial charge < -0.3 is 5.73 Å². The van der Waals surface area contributed by atoms with E-state index in [1.165, 1.54) is 25.7 Å². The summed E-state index contributed by atoms with van der Waals surface area (Å²) in [6, 6.07) is 0. The molecule has 1 aliphatic heterocycles. The topological polar surface area (TPSA) is 87.9 Å². The highest BCUT2D eigenvalue weighted by Gasteiger charge is 2.45. The number of H-pyrrole nitrogens is 1. The number of hydrogen-bond donors (Lipinski definition) is 2. The first kappa shape index (κ1) is 12.6. The van der Waals surface area contributed by atoms with Gasteiger partial charge in [0.15, 0.2) is 5.82 Å². The van der Waals surface area contributed by atoms with E-state index in [2.05, 4.69) is 20.1 Å². The molecule has 1 saturated heterocycles. The Morgan fingerprint density at radius 3 is 2.58 bits per heavy atom. The molecular formula is C13H21N5O. The van der Waals surface area contributed by atoms with Crippen LogP contribution in [0.5, 0.6) is 0 Å². The van der Waals surface area contributed by atoms with E-state index in [1.807, 2.05) is 0 Å². The molecule has 0 unspecified atom stereocenters. The molecule has 104 valence electrons. The average molecular weight is 263 g/mol. The largest absolute Gasteiger partial charge is 0.369 e. The van der Waals surface area contributed by atoms with Crippen molar-refractivity contribution in [1.82, 2.24) is 20.1 Å². The molecule has 2 fully saturated rings. The summed E-state index contributed by atoms with van der Waals surface area (Å²) in [5.74, 6) is 1.08. The molecule has 0 radical (unpaired) electrons. The molecule has 6 heteroatoms. The maximum Gasteiger partial charge on any atom is 0.225 e. The van der Waals surface area contributed by atoms with Crippen LogP contribution >= 0.6 is 0 Å². The van der Waals surface area contributed by atoms with Crippen molar-refractivity contribution in [2.75, 3.05) is 13.1 Å². The molecule has 1 aromatic heterocycles. The molecule has 3 rings (SSSR count). The number of primary amides is 1. The van der Waals surface area contributed by atoms with Gasteiger partial charge in [-0.25, -0.2) is 4.98 Å². The standard InChI is InChI=1S/C13H21N5O/c14-10(19)9-11-15-12(17-16-11)13(5-1-2-6-13)18-7-3-4-8-18/h1-9H2,(H2,14,19)(H,15,16,17). The number of carbonyl (C=O) groups excluding carboxylic acids is 1. The Bertz CT molecular complexity index is 457. The monoisotopic (exact) mass is 263 g/mol. The highest BCUT2D eigenvalue weighted by atomic mass is 16.1. The fourth-order valence-corrected chi connectivity index (χ4v) is 3.53. The van der Waals surface area contributed by atoms with Crippen LogP contribution in [-0.2, 0) is 16.8 Å². The van der Waals surface area contributed by atoms with Crippen LogP contribution in [-0.4, -0.2) is 39.1 Å². The summed E-state index contributed by atoms with van der Waals surface area (Å²) < 4.78 is 0. The van der Waals surface area contributed by atoms with Crippen LogP contribution in [0.2, 0.25) is 0 Å². The van der Waals surface area contributed by atoms with E-state index in [-0.39, 0.29) is 17.9 Å². The fraction of sp³-hybridized carbons (Fsp3) is 0.769. The number of nitrogens with zero attached hydrogens (tertiary/aromatic N) is 3. The SMILES string of the molecule is NC(=O)Cc1nc(C2(N3CCCC3)CCCC2)n[nH]1. The average Bonchev–Trinajstić information content (AvgIpc) is 3.10. The Morgan fingerprint density at radius 1 is 1.26 bits per heavy atom. The molecule has 1 aromatic rings. The molecular weight excluding hydrogens is 242 g/mol.